The Bertz CT molecular complexity index is 192. The van der Waals surface area contributed by atoms with Crippen LogP contribution in [0.5, 0.6) is 0 Å². The molecule has 0 heteroatoms. The van der Waals surface area contributed by atoms with Crippen LogP contribution in [0.1, 0.15) is 40.0 Å². The van der Waals surface area contributed by atoms with Crippen LogP contribution in [-0.2, 0) is 0 Å². The summed E-state index contributed by atoms with van der Waals surface area (Å²) in [4.78, 5) is 0. The van der Waals surface area contributed by atoms with Gasteiger partial charge in [-0.05, 0) is 42.7 Å². The third-order valence-electron chi connectivity index (χ3n) is 2.14. The Morgan fingerprint density at radius 2 is 2.00 bits per heavy atom. The van der Waals surface area contributed by atoms with Gasteiger partial charge in [-0.15, -0.1) is 5.73 Å². The maximum absolute atomic E-state index is 3.94. The maximum atomic E-state index is 3.94. The van der Waals surface area contributed by atoms with Gasteiger partial charge >= 0.3 is 0 Å². The van der Waals surface area contributed by atoms with Crippen molar-refractivity contribution >= 4 is 0 Å². The van der Waals surface area contributed by atoms with Gasteiger partial charge in [-0.2, -0.15) is 0 Å². The van der Waals surface area contributed by atoms with Crippen LogP contribution in [0.3, 0.4) is 0 Å². The molecule has 0 aromatic carbocycles. The average molecular weight is 178 g/mol. The highest BCUT2D eigenvalue weighted by molar-refractivity contribution is 5.12. The van der Waals surface area contributed by atoms with Crippen LogP contribution in [0.25, 0.3) is 0 Å². The van der Waals surface area contributed by atoms with Gasteiger partial charge in [-0.1, -0.05) is 33.9 Å². The van der Waals surface area contributed by atoms with Gasteiger partial charge in [0, 0.05) is 0 Å². The molecule has 1 unspecified atom stereocenters. The van der Waals surface area contributed by atoms with Crippen molar-refractivity contribution in [2.24, 2.45) is 11.8 Å². The first kappa shape index (κ1) is 12.3. The van der Waals surface area contributed by atoms with Crippen LogP contribution in [-0.4, -0.2) is 0 Å². The Hall–Kier alpha value is -0.740. The SMILES string of the molecule is C=C=CC(=C)CCC(C)CC(C)C. The number of allylic oxidation sites excluding steroid dienone is 2. The second-order valence-corrected chi connectivity index (χ2v) is 4.28. The summed E-state index contributed by atoms with van der Waals surface area (Å²) in [7, 11) is 0. The highest BCUT2D eigenvalue weighted by Gasteiger charge is 2.04. The van der Waals surface area contributed by atoms with Crippen molar-refractivity contribution in [3.05, 3.63) is 30.5 Å². The van der Waals surface area contributed by atoms with Crippen LogP contribution in [0.4, 0.5) is 0 Å². The monoisotopic (exact) mass is 178 g/mol. The van der Waals surface area contributed by atoms with Crippen molar-refractivity contribution in [1.29, 1.82) is 0 Å². The zero-order chi connectivity index (χ0) is 10.3. The molecular formula is C13H22. The number of hydrogen-bond donors (Lipinski definition) is 0. The summed E-state index contributed by atoms with van der Waals surface area (Å²) in [6, 6.07) is 0. The molecule has 0 rings (SSSR count). The third-order valence-corrected chi connectivity index (χ3v) is 2.14. The Labute approximate surface area is 83.0 Å². The first-order valence-electron chi connectivity index (χ1n) is 5.09. The van der Waals surface area contributed by atoms with Gasteiger partial charge in [-0.25, -0.2) is 0 Å². The van der Waals surface area contributed by atoms with Crippen molar-refractivity contribution in [2.45, 2.75) is 40.0 Å². The maximum Gasteiger partial charge on any atom is -0.0180 e. The Morgan fingerprint density at radius 3 is 2.46 bits per heavy atom. The lowest BCUT2D eigenvalue weighted by Gasteiger charge is -2.13. The zero-order valence-electron chi connectivity index (χ0n) is 9.27. The molecular weight excluding hydrogens is 156 g/mol. The van der Waals surface area contributed by atoms with E-state index in [1.54, 1.807) is 0 Å². The van der Waals surface area contributed by atoms with Crippen LogP contribution in [0.2, 0.25) is 0 Å². The highest BCUT2D eigenvalue weighted by atomic mass is 14.1. The van der Waals surface area contributed by atoms with E-state index in [1.165, 1.54) is 12.8 Å². The van der Waals surface area contributed by atoms with Crippen molar-refractivity contribution in [1.82, 2.24) is 0 Å². The number of rotatable bonds is 6. The van der Waals surface area contributed by atoms with E-state index in [9.17, 15) is 0 Å². The minimum atomic E-state index is 0.801. The van der Waals surface area contributed by atoms with Gasteiger partial charge in [0.05, 0.1) is 0 Å². The lowest BCUT2D eigenvalue weighted by molar-refractivity contribution is 0.416. The van der Waals surface area contributed by atoms with E-state index >= 15 is 0 Å². The first-order valence-corrected chi connectivity index (χ1v) is 5.09. The topological polar surface area (TPSA) is 0 Å². The molecule has 0 saturated carbocycles. The lowest BCUT2D eigenvalue weighted by atomic mass is 9.93. The number of hydrogen-bond acceptors (Lipinski definition) is 0. The van der Waals surface area contributed by atoms with Crippen LogP contribution in [0.15, 0.2) is 30.5 Å². The molecule has 0 aromatic heterocycles. The molecule has 1 atom stereocenters. The van der Waals surface area contributed by atoms with Crippen LogP contribution < -0.4 is 0 Å². The van der Waals surface area contributed by atoms with E-state index in [2.05, 4.69) is 39.7 Å². The minimum absolute atomic E-state index is 0.801. The fourth-order valence-corrected chi connectivity index (χ4v) is 1.57. The van der Waals surface area contributed by atoms with Gasteiger partial charge in [0.2, 0.25) is 0 Å². The van der Waals surface area contributed by atoms with E-state index in [1.807, 2.05) is 6.08 Å². The first-order chi connectivity index (χ1) is 6.06. The van der Waals surface area contributed by atoms with E-state index in [-0.39, 0.29) is 0 Å². The molecule has 0 radical (unpaired) electrons. The van der Waals surface area contributed by atoms with Crippen molar-refractivity contribution in [3.63, 3.8) is 0 Å². The molecule has 13 heavy (non-hydrogen) atoms. The second kappa shape index (κ2) is 6.74. The van der Waals surface area contributed by atoms with Gasteiger partial charge < -0.3 is 0 Å². The third kappa shape index (κ3) is 7.62. The van der Waals surface area contributed by atoms with Crippen molar-refractivity contribution in [2.75, 3.05) is 0 Å². The molecule has 0 bridgehead atoms. The quantitative estimate of drug-likeness (QED) is 0.419. The summed E-state index contributed by atoms with van der Waals surface area (Å²) in [5.41, 5.74) is 3.90. The van der Waals surface area contributed by atoms with Gasteiger partial charge in [0.1, 0.15) is 0 Å². The molecule has 0 aliphatic rings. The Morgan fingerprint density at radius 1 is 1.38 bits per heavy atom. The summed E-state index contributed by atoms with van der Waals surface area (Å²) in [5, 5.41) is 0. The molecule has 0 aliphatic carbocycles. The predicted octanol–water partition coefficient (Wildman–Crippen LogP) is 4.35. The molecule has 0 aliphatic heterocycles. The molecule has 0 heterocycles. The molecule has 0 saturated heterocycles. The van der Waals surface area contributed by atoms with E-state index in [0.29, 0.717) is 0 Å². The van der Waals surface area contributed by atoms with Gasteiger partial charge in [-0.3, -0.25) is 0 Å². The van der Waals surface area contributed by atoms with E-state index in [4.69, 9.17) is 0 Å². The van der Waals surface area contributed by atoms with E-state index < -0.39 is 0 Å². The molecule has 0 N–H and O–H groups in total. The van der Waals surface area contributed by atoms with Crippen molar-refractivity contribution < 1.29 is 0 Å². The summed E-state index contributed by atoms with van der Waals surface area (Å²) in [5.74, 6) is 1.60. The smallest absolute Gasteiger partial charge is 0.0180 e. The van der Waals surface area contributed by atoms with Crippen LogP contribution >= 0.6 is 0 Å². The Balaban J connectivity index is 3.63. The van der Waals surface area contributed by atoms with E-state index in [0.717, 1.165) is 23.8 Å². The minimum Gasteiger partial charge on any atom is -0.128 e. The molecule has 0 amide bonds. The summed E-state index contributed by atoms with van der Waals surface area (Å²) >= 11 is 0. The molecule has 0 aromatic rings. The largest absolute Gasteiger partial charge is 0.128 e. The molecule has 0 spiro atoms. The summed E-state index contributed by atoms with van der Waals surface area (Å²) in [6.07, 6.45) is 5.50. The van der Waals surface area contributed by atoms with Gasteiger partial charge in [0.25, 0.3) is 0 Å². The molecule has 74 valence electrons. The predicted molar refractivity (Wildman–Crippen MR) is 60.7 cm³/mol. The second-order valence-electron chi connectivity index (χ2n) is 4.28. The van der Waals surface area contributed by atoms with Gasteiger partial charge in [0.15, 0.2) is 0 Å². The normalized spacial score (nSPS) is 12.3. The summed E-state index contributed by atoms with van der Waals surface area (Å²) in [6.45, 7) is 14.3. The van der Waals surface area contributed by atoms with Crippen molar-refractivity contribution in [3.8, 4) is 0 Å². The molecule has 0 fully saturated rings. The fraction of sp³-hybridized carbons (Fsp3) is 0.615. The standard InChI is InChI=1S/C13H22/c1-6-7-12(4)8-9-13(5)10-11(2)3/h7,11,13H,1,4,8-10H2,2-3,5H3. The van der Waals surface area contributed by atoms with Crippen LogP contribution in [0, 0.1) is 11.8 Å². The highest BCUT2D eigenvalue weighted by Crippen LogP contribution is 2.18. The molecule has 0 nitrogen and oxygen atoms in total. The lowest BCUT2D eigenvalue weighted by Crippen LogP contribution is -2.00. The average Bonchev–Trinajstić information content (AvgIpc) is 2.00. The zero-order valence-corrected chi connectivity index (χ0v) is 9.27. The Kier molecular flexibility index (Phi) is 6.36. The summed E-state index contributed by atoms with van der Waals surface area (Å²) < 4.78 is 0. The fourth-order valence-electron chi connectivity index (χ4n) is 1.57.